The molecular formula is C23H29N3O3. The van der Waals surface area contributed by atoms with Gasteiger partial charge in [0.25, 0.3) is 0 Å². The fourth-order valence-corrected chi connectivity index (χ4v) is 3.34. The summed E-state index contributed by atoms with van der Waals surface area (Å²) in [5.41, 5.74) is 0.732. The van der Waals surface area contributed by atoms with E-state index in [1.54, 1.807) is 0 Å². The molecule has 1 N–H and O–H groups in total. The Labute approximate surface area is 172 Å². The van der Waals surface area contributed by atoms with E-state index in [-0.39, 0.29) is 23.8 Å². The molecular weight excluding hydrogens is 366 g/mol. The van der Waals surface area contributed by atoms with Gasteiger partial charge < -0.3 is 15.0 Å². The molecule has 0 radical (unpaired) electrons. The molecule has 2 amide bonds. The van der Waals surface area contributed by atoms with Crippen LogP contribution in [-0.4, -0.2) is 53.8 Å². The predicted molar refractivity (Wildman–Crippen MR) is 114 cm³/mol. The quantitative estimate of drug-likeness (QED) is 0.812. The second-order valence-electron chi connectivity index (χ2n) is 7.62. The highest BCUT2D eigenvalue weighted by Crippen LogP contribution is 2.23. The van der Waals surface area contributed by atoms with E-state index in [1.807, 2.05) is 80.3 Å². The standard InChI is InChI=1S/C23H29N3O3/c1-17(2)23(28)26-15-13-25(14-16-26)18(3)22(27)24-19-9-11-21(12-10-19)29-20-7-5-4-6-8-20/h4-12,17-18H,13-16H2,1-3H3,(H,24,27). The SMILES string of the molecule is CC(C)C(=O)N1CCN(C(C)C(=O)Nc2ccc(Oc3ccccc3)cc2)CC1. The van der Waals surface area contributed by atoms with E-state index in [1.165, 1.54) is 0 Å². The molecule has 154 valence electrons. The Morgan fingerprint density at radius 1 is 0.862 bits per heavy atom. The average molecular weight is 396 g/mol. The lowest BCUT2D eigenvalue weighted by Crippen LogP contribution is -2.54. The largest absolute Gasteiger partial charge is 0.457 e. The topological polar surface area (TPSA) is 61.9 Å². The normalized spacial score (nSPS) is 15.8. The monoisotopic (exact) mass is 395 g/mol. The summed E-state index contributed by atoms with van der Waals surface area (Å²) in [5, 5.41) is 2.97. The van der Waals surface area contributed by atoms with Crippen LogP contribution >= 0.6 is 0 Å². The van der Waals surface area contributed by atoms with Crippen LogP contribution in [0.25, 0.3) is 0 Å². The molecule has 0 aliphatic carbocycles. The second kappa shape index (κ2) is 9.56. The molecule has 1 fully saturated rings. The first kappa shape index (κ1) is 20.9. The first-order valence-corrected chi connectivity index (χ1v) is 10.1. The van der Waals surface area contributed by atoms with Crippen LogP contribution in [0.3, 0.4) is 0 Å². The van der Waals surface area contributed by atoms with Gasteiger partial charge in [-0.05, 0) is 43.3 Å². The van der Waals surface area contributed by atoms with E-state index >= 15 is 0 Å². The number of carbonyl (C=O) groups excluding carboxylic acids is 2. The van der Waals surface area contributed by atoms with Crippen molar-refractivity contribution in [1.82, 2.24) is 9.80 Å². The lowest BCUT2D eigenvalue weighted by molar-refractivity contribution is -0.136. The number of para-hydroxylation sites is 1. The van der Waals surface area contributed by atoms with Crippen molar-refractivity contribution in [3.05, 3.63) is 54.6 Å². The molecule has 2 aromatic carbocycles. The van der Waals surface area contributed by atoms with Gasteiger partial charge in [-0.2, -0.15) is 0 Å². The number of hydrogen-bond acceptors (Lipinski definition) is 4. The summed E-state index contributed by atoms with van der Waals surface area (Å²) in [5.74, 6) is 1.63. The zero-order chi connectivity index (χ0) is 20.8. The molecule has 2 aromatic rings. The Morgan fingerprint density at radius 3 is 2.03 bits per heavy atom. The van der Waals surface area contributed by atoms with Gasteiger partial charge in [0, 0.05) is 37.8 Å². The molecule has 1 aliphatic heterocycles. The molecule has 1 saturated heterocycles. The van der Waals surface area contributed by atoms with Crippen molar-refractivity contribution in [1.29, 1.82) is 0 Å². The summed E-state index contributed by atoms with van der Waals surface area (Å²) in [6.07, 6.45) is 0. The minimum atomic E-state index is -0.258. The fraction of sp³-hybridized carbons (Fsp3) is 0.391. The van der Waals surface area contributed by atoms with Gasteiger partial charge in [-0.1, -0.05) is 32.0 Å². The minimum Gasteiger partial charge on any atom is -0.457 e. The minimum absolute atomic E-state index is 0.0103. The fourth-order valence-electron chi connectivity index (χ4n) is 3.34. The summed E-state index contributed by atoms with van der Waals surface area (Å²) >= 11 is 0. The van der Waals surface area contributed by atoms with E-state index in [0.717, 1.165) is 11.4 Å². The highest BCUT2D eigenvalue weighted by molar-refractivity contribution is 5.94. The van der Waals surface area contributed by atoms with Crippen LogP contribution in [0.1, 0.15) is 20.8 Å². The van der Waals surface area contributed by atoms with Crippen LogP contribution in [0.2, 0.25) is 0 Å². The smallest absolute Gasteiger partial charge is 0.241 e. The third-order valence-electron chi connectivity index (χ3n) is 5.15. The van der Waals surface area contributed by atoms with Gasteiger partial charge in [0.15, 0.2) is 0 Å². The van der Waals surface area contributed by atoms with Crippen molar-refractivity contribution in [2.75, 3.05) is 31.5 Å². The number of carbonyl (C=O) groups is 2. The molecule has 0 saturated carbocycles. The first-order chi connectivity index (χ1) is 13.9. The number of amides is 2. The van der Waals surface area contributed by atoms with Gasteiger partial charge in [0.2, 0.25) is 11.8 Å². The van der Waals surface area contributed by atoms with Crippen molar-refractivity contribution in [3.63, 3.8) is 0 Å². The predicted octanol–water partition coefficient (Wildman–Crippen LogP) is 3.61. The van der Waals surface area contributed by atoms with Gasteiger partial charge in [0.05, 0.1) is 6.04 Å². The van der Waals surface area contributed by atoms with Crippen LogP contribution < -0.4 is 10.1 Å². The number of hydrogen-bond donors (Lipinski definition) is 1. The summed E-state index contributed by atoms with van der Waals surface area (Å²) in [7, 11) is 0. The van der Waals surface area contributed by atoms with Crippen molar-refractivity contribution in [2.24, 2.45) is 5.92 Å². The van der Waals surface area contributed by atoms with E-state index in [9.17, 15) is 9.59 Å². The maximum Gasteiger partial charge on any atom is 0.241 e. The number of anilines is 1. The Hall–Kier alpha value is -2.86. The van der Waals surface area contributed by atoms with E-state index in [4.69, 9.17) is 4.74 Å². The number of nitrogens with zero attached hydrogens (tertiary/aromatic N) is 2. The van der Waals surface area contributed by atoms with Gasteiger partial charge in [-0.15, -0.1) is 0 Å². The van der Waals surface area contributed by atoms with E-state index < -0.39 is 0 Å². The van der Waals surface area contributed by atoms with Crippen molar-refractivity contribution in [3.8, 4) is 11.5 Å². The van der Waals surface area contributed by atoms with Crippen molar-refractivity contribution in [2.45, 2.75) is 26.8 Å². The van der Waals surface area contributed by atoms with Crippen molar-refractivity contribution >= 4 is 17.5 Å². The van der Waals surface area contributed by atoms with E-state index in [2.05, 4.69) is 10.2 Å². The maximum absolute atomic E-state index is 12.6. The molecule has 1 aliphatic rings. The zero-order valence-electron chi connectivity index (χ0n) is 17.3. The maximum atomic E-state index is 12.6. The number of nitrogens with one attached hydrogen (secondary N) is 1. The molecule has 0 spiro atoms. The van der Waals surface area contributed by atoms with Gasteiger partial charge in [0.1, 0.15) is 11.5 Å². The summed E-state index contributed by atoms with van der Waals surface area (Å²) in [4.78, 5) is 28.8. The number of rotatable bonds is 6. The van der Waals surface area contributed by atoms with Crippen molar-refractivity contribution < 1.29 is 14.3 Å². The van der Waals surface area contributed by atoms with Crippen LogP contribution in [0.15, 0.2) is 54.6 Å². The van der Waals surface area contributed by atoms with Gasteiger partial charge in [-0.25, -0.2) is 0 Å². The lowest BCUT2D eigenvalue weighted by Gasteiger charge is -2.38. The summed E-state index contributed by atoms with van der Waals surface area (Å²) in [6, 6.07) is 16.7. The zero-order valence-corrected chi connectivity index (χ0v) is 17.3. The molecule has 0 aromatic heterocycles. The Morgan fingerprint density at radius 2 is 1.45 bits per heavy atom. The Bertz CT molecular complexity index is 813. The summed E-state index contributed by atoms with van der Waals surface area (Å²) in [6.45, 7) is 8.48. The number of benzene rings is 2. The third-order valence-corrected chi connectivity index (χ3v) is 5.15. The molecule has 1 unspecified atom stereocenters. The van der Waals surface area contributed by atoms with Gasteiger partial charge >= 0.3 is 0 Å². The molecule has 0 bridgehead atoms. The second-order valence-corrected chi connectivity index (χ2v) is 7.62. The average Bonchev–Trinajstić information content (AvgIpc) is 2.75. The Balaban J connectivity index is 1.50. The molecule has 1 atom stereocenters. The number of ether oxygens (including phenoxy) is 1. The van der Waals surface area contributed by atoms with Crippen LogP contribution in [0.5, 0.6) is 11.5 Å². The van der Waals surface area contributed by atoms with Gasteiger partial charge in [-0.3, -0.25) is 14.5 Å². The number of piperazine rings is 1. The van der Waals surface area contributed by atoms with Crippen LogP contribution in [0, 0.1) is 5.92 Å². The molecule has 6 nitrogen and oxygen atoms in total. The van der Waals surface area contributed by atoms with Crippen LogP contribution in [0.4, 0.5) is 5.69 Å². The highest BCUT2D eigenvalue weighted by atomic mass is 16.5. The van der Waals surface area contributed by atoms with Crippen LogP contribution in [-0.2, 0) is 9.59 Å². The highest BCUT2D eigenvalue weighted by Gasteiger charge is 2.28. The molecule has 6 heteroatoms. The van der Waals surface area contributed by atoms with E-state index in [0.29, 0.717) is 31.9 Å². The lowest BCUT2D eigenvalue weighted by atomic mass is 10.1. The third kappa shape index (κ3) is 5.57. The molecule has 1 heterocycles. The summed E-state index contributed by atoms with van der Waals surface area (Å²) < 4.78 is 5.77. The Kier molecular flexibility index (Phi) is 6.88. The molecule has 29 heavy (non-hydrogen) atoms. The first-order valence-electron chi connectivity index (χ1n) is 10.1. The molecule has 3 rings (SSSR count).